The number of nitrogens with zero attached hydrogens (tertiary/aromatic N) is 1. The first-order chi connectivity index (χ1) is 20.4. The Morgan fingerprint density at radius 2 is 1.86 bits per heavy atom. The average molecular weight is 564 g/mol. The van der Waals surface area contributed by atoms with Crippen molar-refractivity contribution in [3.8, 4) is 6.07 Å². The number of Topliss-reactive ketones (excluding diaryl/α,β-unsaturated/α-hetero) is 1. The van der Waals surface area contributed by atoms with Gasteiger partial charge in [0.25, 0.3) is 5.92 Å². The van der Waals surface area contributed by atoms with Crippen LogP contribution in [0.25, 0.3) is 11.6 Å². The Hall–Kier alpha value is -4.08. The number of allylic oxidation sites excluding steroid dienone is 8. The fourth-order valence-corrected chi connectivity index (χ4v) is 6.67. The van der Waals surface area contributed by atoms with Gasteiger partial charge in [0, 0.05) is 48.7 Å². The third-order valence-electron chi connectivity index (χ3n) is 8.94. The van der Waals surface area contributed by atoms with Gasteiger partial charge < -0.3 is 9.47 Å². The van der Waals surface area contributed by atoms with Crippen LogP contribution < -0.4 is 0 Å². The molecule has 2 unspecified atom stereocenters. The van der Waals surface area contributed by atoms with Crippen molar-refractivity contribution in [3.63, 3.8) is 0 Å². The number of carbonyl (C=O) groups is 1. The van der Waals surface area contributed by atoms with Gasteiger partial charge in [0.2, 0.25) is 0 Å². The molecule has 2 atom stereocenters. The van der Waals surface area contributed by atoms with Crippen LogP contribution in [0, 0.1) is 11.3 Å². The minimum atomic E-state index is -2.81. The molecule has 0 spiro atoms. The molecular formula is C36H31F2NO3. The number of fused-ring (bicyclic) bond motifs is 3. The molecule has 2 aromatic carbocycles. The number of rotatable bonds is 6. The zero-order chi connectivity index (χ0) is 28.8. The van der Waals surface area contributed by atoms with Crippen molar-refractivity contribution in [2.24, 2.45) is 0 Å². The van der Waals surface area contributed by atoms with Gasteiger partial charge in [0.15, 0.2) is 5.78 Å². The third-order valence-corrected chi connectivity index (χ3v) is 8.94. The SMILES string of the molecule is N#CC1=CC(c2cccc3c2C2C=C2C(c2ccc(C(=O)C4=CCCC(F)(F)C4)cc2)=C3)CC=C1OC1CCOCC1. The molecule has 0 aromatic heterocycles. The molecule has 7 rings (SSSR count). The van der Waals surface area contributed by atoms with E-state index < -0.39 is 12.3 Å². The quantitative estimate of drug-likeness (QED) is 0.332. The maximum absolute atomic E-state index is 13.9. The standard InChI is InChI=1S/C36H31F2NO3/c37-36(38)14-2-4-26(20-36)35(40)23-8-6-22(7-9-23)30-18-25-3-1-5-29(34(25)32-19-31(30)32)24-10-11-33(27(17-24)21-39)42-28-12-15-41-16-13-28/h1,3-9,11,17-19,24,28,32H,2,10,12-16,20H2. The molecule has 1 heterocycles. The first kappa shape index (κ1) is 26.8. The van der Waals surface area contributed by atoms with Crippen molar-refractivity contribution in [2.75, 3.05) is 13.2 Å². The highest BCUT2D eigenvalue weighted by Gasteiger charge is 2.38. The topological polar surface area (TPSA) is 59.3 Å². The Morgan fingerprint density at radius 3 is 2.62 bits per heavy atom. The van der Waals surface area contributed by atoms with Gasteiger partial charge in [-0.05, 0) is 58.4 Å². The fourth-order valence-electron chi connectivity index (χ4n) is 6.67. The van der Waals surface area contributed by atoms with E-state index in [0.717, 1.165) is 36.0 Å². The van der Waals surface area contributed by atoms with E-state index in [-0.39, 0.29) is 42.1 Å². The molecule has 2 aromatic rings. The molecule has 1 saturated heterocycles. The zero-order valence-corrected chi connectivity index (χ0v) is 23.2. The lowest BCUT2D eigenvalue weighted by atomic mass is 9.79. The second-order valence-electron chi connectivity index (χ2n) is 11.7. The van der Waals surface area contributed by atoms with E-state index in [2.05, 4.69) is 48.6 Å². The zero-order valence-electron chi connectivity index (χ0n) is 23.2. The van der Waals surface area contributed by atoms with E-state index in [1.54, 1.807) is 18.2 Å². The number of ether oxygens (including phenoxy) is 2. The number of hydrogen-bond donors (Lipinski definition) is 0. The summed E-state index contributed by atoms with van der Waals surface area (Å²) in [6.45, 7) is 1.38. The normalized spacial score (nSPS) is 24.5. The Bertz CT molecular complexity index is 1650. The number of alkyl halides is 2. The highest BCUT2D eigenvalue weighted by atomic mass is 19.3. The van der Waals surface area contributed by atoms with Gasteiger partial charge in [-0.1, -0.05) is 60.7 Å². The van der Waals surface area contributed by atoms with E-state index >= 15 is 0 Å². The second kappa shape index (κ2) is 10.6. The molecule has 1 fully saturated rings. The molecule has 6 heteroatoms. The second-order valence-corrected chi connectivity index (χ2v) is 11.7. The maximum Gasteiger partial charge on any atom is 0.252 e. The minimum Gasteiger partial charge on any atom is -0.489 e. The van der Waals surface area contributed by atoms with Gasteiger partial charge >= 0.3 is 0 Å². The molecular weight excluding hydrogens is 532 g/mol. The van der Waals surface area contributed by atoms with E-state index in [1.165, 1.54) is 16.7 Å². The van der Waals surface area contributed by atoms with Crippen molar-refractivity contribution >= 4 is 17.4 Å². The molecule has 0 saturated carbocycles. The van der Waals surface area contributed by atoms with Gasteiger partial charge in [-0.25, -0.2) is 8.78 Å². The predicted molar refractivity (Wildman–Crippen MR) is 157 cm³/mol. The van der Waals surface area contributed by atoms with E-state index in [1.807, 2.05) is 12.1 Å². The molecule has 0 N–H and O–H groups in total. The van der Waals surface area contributed by atoms with Crippen LogP contribution in [-0.2, 0) is 9.47 Å². The largest absolute Gasteiger partial charge is 0.489 e. The maximum atomic E-state index is 13.9. The highest BCUT2D eigenvalue weighted by Crippen LogP contribution is 2.55. The lowest BCUT2D eigenvalue weighted by molar-refractivity contribution is -0.0106. The van der Waals surface area contributed by atoms with Gasteiger partial charge in [-0.2, -0.15) is 5.26 Å². The Labute approximate surface area is 244 Å². The molecule has 5 aliphatic rings. The summed E-state index contributed by atoms with van der Waals surface area (Å²) in [6, 6.07) is 16.1. The van der Waals surface area contributed by atoms with Crippen molar-refractivity contribution in [3.05, 3.63) is 117 Å². The first-order valence-corrected chi connectivity index (χ1v) is 14.8. The predicted octanol–water partition coefficient (Wildman–Crippen LogP) is 8.21. The molecule has 42 heavy (non-hydrogen) atoms. The number of nitriles is 1. The summed E-state index contributed by atoms with van der Waals surface area (Å²) >= 11 is 0. The molecule has 4 nitrogen and oxygen atoms in total. The van der Waals surface area contributed by atoms with Gasteiger partial charge in [0.1, 0.15) is 17.9 Å². The molecule has 1 aliphatic heterocycles. The Kier molecular flexibility index (Phi) is 6.79. The molecule has 0 amide bonds. The van der Waals surface area contributed by atoms with Crippen molar-refractivity contribution < 1.29 is 23.0 Å². The van der Waals surface area contributed by atoms with Crippen LogP contribution in [0.2, 0.25) is 0 Å². The Morgan fingerprint density at radius 1 is 1.05 bits per heavy atom. The molecule has 0 bridgehead atoms. The molecule has 212 valence electrons. The van der Waals surface area contributed by atoms with Crippen LogP contribution in [0.5, 0.6) is 0 Å². The van der Waals surface area contributed by atoms with E-state index in [9.17, 15) is 18.8 Å². The van der Waals surface area contributed by atoms with Crippen LogP contribution in [0.4, 0.5) is 8.78 Å². The smallest absolute Gasteiger partial charge is 0.252 e. The van der Waals surface area contributed by atoms with Crippen molar-refractivity contribution in [2.45, 2.75) is 62.4 Å². The van der Waals surface area contributed by atoms with Crippen LogP contribution in [-0.4, -0.2) is 31.0 Å². The number of halogens is 2. The number of carbonyl (C=O) groups excluding carboxylic acids is 1. The lowest BCUT2D eigenvalue weighted by Gasteiger charge is -2.28. The monoisotopic (exact) mass is 563 g/mol. The summed E-state index contributed by atoms with van der Waals surface area (Å²) in [5.74, 6) is -2.13. The summed E-state index contributed by atoms with van der Waals surface area (Å²) in [5.41, 5.74) is 8.28. The van der Waals surface area contributed by atoms with Crippen LogP contribution in [0.3, 0.4) is 0 Å². The summed E-state index contributed by atoms with van der Waals surface area (Å²) in [5, 5.41) is 9.92. The van der Waals surface area contributed by atoms with Crippen LogP contribution in [0.15, 0.2) is 89.2 Å². The van der Waals surface area contributed by atoms with E-state index in [4.69, 9.17) is 9.47 Å². The first-order valence-electron chi connectivity index (χ1n) is 14.8. The molecule has 0 radical (unpaired) electrons. The van der Waals surface area contributed by atoms with Crippen molar-refractivity contribution in [1.29, 1.82) is 5.26 Å². The fraction of sp³-hybridized carbons (Fsp3) is 0.333. The van der Waals surface area contributed by atoms with Crippen molar-refractivity contribution in [1.82, 2.24) is 0 Å². The highest BCUT2D eigenvalue weighted by molar-refractivity contribution is 6.09. The van der Waals surface area contributed by atoms with E-state index in [0.29, 0.717) is 30.1 Å². The lowest BCUT2D eigenvalue weighted by Crippen LogP contribution is -2.24. The van der Waals surface area contributed by atoms with Gasteiger partial charge in [-0.15, -0.1) is 0 Å². The number of ketones is 1. The number of benzene rings is 2. The van der Waals surface area contributed by atoms with Gasteiger partial charge in [-0.3, -0.25) is 4.79 Å². The third kappa shape index (κ3) is 5.07. The Balaban J connectivity index is 1.11. The number of hydrogen-bond acceptors (Lipinski definition) is 4. The summed E-state index contributed by atoms with van der Waals surface area (Å²) < 4.78 is 39.4. The van der Waals surface area contributed by atoms with Gasteiger partial charge in [0.05, 0.1) is 18.8 Å². The summed E-state index contributed by atoms with van der Waals surface area (Å²) in [4.78, 5) is 12.9. The summed E-state index contributed by atoms with van der Waals surface area (Å²) in [7, 11) is 0. The molecule has 4 aliphatic carbocycles. The minimum absolute atomic E-state index is 0.0887. The average Bonchev–Trinajstić information content (AvgIpc) is 3.82. The summed E-state index contributed by atoms with van der Waals surface area (Å²) in [6.07, 6.45) is 12.3. The van der Waals surface area contributed by atoms with Crippen LogP contribution >= 0.6 is 0 Å². The van der Waals surface area contributed by atoms with Crippen LogP contribution in [0.1, 0.15) is 83.0 Å².